The molecule has 5 rings (SSSR count). The van der Waals surface area contributed by atoms with E-state index in [1.54, 1.807) is 7.05 Å². The number of carbonyl (C=O) groups excluding carboxylic acids is 2. The second-order valence-electron chi connectivity index (χ2n) is 7.67. The van der Waals surface area contributed by atoms with Gasteiger partial charge in [0.15, 0.2) is 0 Å². The van der Waals surface area contributed by atoms with E-state index >= 15 is 0 Å². The van der Waals surface area contributed by atoms with Crippen molar-refractivity contribution in [3.63, 3.8) is 0 Å². The van der Waals surface area contributed by atoms with Crippen LogP contribution in [-0.2, 0) is 14.4 Å². The minimum atomic E-state index is -0.577. The van der Waals surface area contributed by atoms with Gasteiger partial charge in [-0.2, -0.15) is 0 Å². The molecule has 5 nitrogen and oxygen atoms in total. The first kappa shape index (κ1) is 16.0. The number of benzene rings is 1. The van der Waals surface area contributed by atoms with Gasteiger partial charge < -0.3 is 0 Å². The van der Waals surface area contributed by atoms with Crippen molar-refractivity contribution in [3.05, 3.63) is 30.3 Å². The third-order valence-corrected chi connectivity index (χ3v) is 9.22. The van der Waals surface area contributed by atoms with Crippen LogP contribution in [-0.4, -0.2) is 62.0 Å². The van der Waals surface area contributed by atoms with Gasteiger partial charge in [0.25, 0.3) is 0 Å². The fraction of sp³-hybridized carbons (Fsp3) is 0.579. The maximum atomic E-state index is 12.5. The molecule has 2 amide bonds. The molecule has 1 aromatic carbocycles. The molecule has 3 aliphatic heterocycles. The standard InChI is InChI=1S/C19H22N2O3Se/c1-20-18(22)16-14-10-11-7-8-15(25-12-5-3-2-4-6-12)13(9-11)21(14)24-17(16)19(20)23/h2-6,11,13-17H,7-10H2,1H3/t11-,13-,14-,15-,16-,17+/m0/s1. The van der Waals surface area contributed by atoms with Crippen LogP contribution in [0.3, 0.4) is 0 Å². The van der Waals surface area contributed by atoms with Gasteiger partial charge in [0.05, 0.1) is 0 Å². The summed E-state index contributed by atoms with van der Waals surface area (Å²) in [6.45, 7) is 0. The van der Waals surface area contributed by atoms with E-state index in [4.69, 9.17) is 4.84 Å². The molecule has 0 aromatic heterocycles. The first-order valence-corrected chi connectivity index (χ1v) is 11.0. The molecule has 1 saturated carbocycles. The quantitative estimate of drug-likeness (QED) is 0.544. The molecule has 132 valence electrons. The van der Waals surface area contributed by atoms with Gasteiger partial charge in [-0.15, -0.1) is 0 Å². The predicted molar refractivity (Wildman–Crippen MR) is 93.1 cm³/mol. The van der Waals surface area contributed by atoms with Crippen LogP contribution in [0, 0.1) is 11.8 Å². The van der Waals surface area contributed by atoms with Crippen LogP contribution < -0.4 is 4.46 Å². The number of hydrogen-bond acceptors (Lipinski definition) is 4. The number of hydrogen-bond donors (Lipinski definition) is 0. The molecule has 4 fully saturated rings. The Hall–Kier alpha value is -1.20. The van der Waals surface area contributed by atoms with E-state index in [0.29, 0.717) is 31.7 Å². The SMILES string of the molecule is CN1C(=O)[C@@H]2[C@@H](ON3[C@H]2C[C@H]2CC[C@H]([Se]c4ccccc4)[C@@H]3C2)C1=O. The van der Waals surface area contributed by atoms with E-state index in [9.17, 15) is 9.59 Å². The number of nitrogens with zero attached hydrogens (tertiary/aromatic N) is 2. The zero-order valence-electron chi connectivity index (χ0n) is 14.2. The van der Waals surface area contributed by atoms with Crippen molar-refractivity contribution < 1.29 is 14.4 Å². The summed E-state index contributed by atoms with van der Waals surface area (Å²) in [6, 6.07) is 11.2. The zero-order chi connectivity index (χ0) is 17.1. The van der Waals surface area contributed by atoms with E-state index in [1.165, 1.54) is 22.2 Å². The molecule has 2 bridgehead atoms. The van der Waals surface area contributed by atoms with Crippen molar-refractivity contribution in [3.8, 4) is 0 Å². The Kier molecular flexibility index (Phi) is 3.79. The van der Waals surface area contributed by atoms with Gasteiger partial charge in [0, 0.05) is 0 Å². The first-order valence-electron chi connectivity index (χ1n) is 9.11. The number of fused-ring (bicyclic) bond motifs is 6. The van der Waals surface area contributed by atoms with Gasteiger partial charge in [0.2, 0.25) is 0 Å². The Labute approximate surface area is 153 Å². The molecule has 3 heterocycles. The van der Waals surface area contributed by atoms with Crippen LogP contribution >= 0.6 is 0 Å². The molecule has 1 aromatic rings. The van der Waals surface area contributed by atoms with E-state index in [-0.39, 0.29) is 23.8 Å². The van der Waals surface area contributed by atoms with E-state index in [1.807, 2.05) is 0 Å². The van der Waals surface area contributed by atoms with Gasteiger partial charge in [-0.1, -0.05) is 0 Å². The molecule has 1 aliphatic carbocycles. The van der Waals surface area contributed by atoms with Crippen molar-refractivity contribution in [2.24, 2.45) is 11.8 Å². The van der Waals surface area contributed by atoms with Crippen LogP contribution in [0.25, 0.3) is 0 Å². The van der Waals surface area contributed by atoms with Crippen LogP contribution in [0.2, 0.25) is 4.82 Å². The normalized spacial score (nSPS) is 40.3. The van der Waals surface area contributed by atoms with Crippen molar-refractivity contribution in [1.29, 1.82) is 0 Å². The Morgan fingerprint density at radius 1 is 1.04 bits per heavy atom. The summed E-state index contributed by atoms with van der Waals surface area (Å²) >= 11 is 0.394. The Bertz CT molecular complexity index is 712. The van der Waals surface area contributed by atoms with Crippen LogP contribution in [0.15, 0.2) is 30.3 Å². The van der Waals surface area contributed by atoms with Crippen molar-refractivity contribution in [2.45, 2.75) is 48.7 Å². The summed E-state index contributed by atoms with van der Waals surface area (Å²) in [5, 5.41) is 2.09. The van der Waals surface area contributed by atoms with E-state index in [2.05, 4.69) is 35.4 Å². The fourth-order valence-electron chi connectivity index (χ4n) is 5.06. The van der Waals surface area contributed by atoms with Crippen LogP contribution in [0.5, 0.6) is 0 Å². The molecule has 25 heavy (non-hydrogen) atoms. The summed E-state index contributed by atoms with van der Waals surface area (Å²) in [6.07, 6.45) is 4.04. The number of likely N-dealkylation sites (N-methyl/N-ethyl adjacent to an activating group) is 1. The summed E-state index contributed by atoms with van der Waals surface area (Å²) in [5.74, 6) is 0.174. The minimum absolute atomic E-state index is 0.0485. The molecule has 0 unspecified atom stereocenters. The number of likely N-dealkylation sites (tertiary alicyclic amines) is 1. The molecular formula is C19H22N2O3Se. The Balaban J connectivity index is 1.41. The molecule has 0 spiro atoms. The van der Waals surface area contributed by atoms with Gasteiger partial charge >= 0.3 is 154 Å². The predicted octanol–water partition coefficient (Wildman–Crippen LogP) is 0.976. The number of imide groups is 1. The molecule has 6 heteroatoms. The van der Waals surface area contributed by atoms with E-state index < -0.39 is 6.10 Å². The summed E-state index contributed by atoms with van der Waals surface area (Å²) < 4.78 is 1.42. The summed E-state index contributed by atoms with van der Waals surface area (Å²) in [7, 11) is 1.58. The Morgan fingerprint density at radius 2 is 1.80 bits per heavy atom. The molecule has 3 saturated heterocycles. The molecule has 4 aliphatic rings. The van der Waals surface area contributed by atoms with Crippen molar-refractivity contribution in [1.82, 2.24) is 9.96 Å². The monoisotopic (exact) mass is 406 g/mol. The summed E-state index contributed by atoms with van der Waals surface area (Å²) in [5.41, 5.74) is 0. The molecule has 0 N–H and O–H groups in total. The number of rotatable bonds is 2. The topological polar surface area (TPSA) is 49.9 Å². The summed E-state index contributed by atoms with van der Waals surface area (Å²) in [4.78, 5) is 32.9. The molecule has 0 radical (unpaired) electrons. The van der Waals surface area contributed by atoms with Crippen LogP contribution in [0.4, 0.5) is 0 Å². The van der Waals surface area contributed by atoms with Crippen LogP contribution in [0.1, 0.15) is 25.7 Å². The third kappa shape index (κ3) is 2.42. The average Bonchev–Trinajstić information content (AvgIpc) is 3.11. The molecule has 6 atom stereocenters. The van der Waals surface area contributed by atoms with Crippen molar-refractivity contribution >= 4 is 31.2 Å². The number of carbonyl (C=O) groups is 2. The second-order valence-corrected chi connectivity index (χ2v) is 10.4. The maximum absolute atomic E-state index is 12.5. The van der Waals surface area contributed by atoms with Crippen molar-refractivity contribution in [2.75, 3.05) is 7.05 Å². The van der Waals surface area contributed by atoms with Gasteiger partial charge in [0.1, 0.15) is 0 Å². The number of piperidine rings is 1. The zero-order valence-corrected chi connectivity index (χ0v) is 15.9. The number of amides is 2. The Morgan fingerprint density at radius 3 is 2.60 bits per heavy atom. The third-order valence-electron chi connectivity index (χ3n) is 6.29. The average molecular weight is 405 g/mol. The second kappa shape index (κ2) is 5.91. The number of hydroxylamine groups is 2. The van der Waals surface area contributed by atoms with Gasteiger partial charge in [-0.3, -0.25) is 0 Å². The molecular weight excluding hydrogens is 383 g/mol. The van der Waals surface area contributed by atoms with Gasteiger partial charge in [-0.05, 0) is 0 Å². The first-order chi connectivity index (χ1) is 12.1. The fourth-order valence-corrected chi connectivity index (χ4v) is 7.80. The van der Waals surface area contributed by atoms with Gasteiger partial charge in [-0.25, -0.2) is 0 Å². The van der Waals surface area contributed by atoms with E-state index in [0.717, 1.165) is 12.8 Å².